The number of carbonyl (C=O) groups is 2. The minimum atomic E-state index is -0.338. The fourth-order valence-corrected chi connectivity index (χ4v) is 4.54. The van der Waals surface area contributed by atoms with Crippen molar-refractivity contribution >= 4 is 23.1 Å². The first-order valence-electron chi connectivity index (χ1n) is 11.9. The van der Waals surface area contributed by atoms with E-state index < -0.39 is 0 Å². The predicted octanol–water partition coefficient (Wildman–Crippen LogP) is 3.10. The molecule has 0 radical (unpaired) electrons. The van der Waals surface area contributed by atoms with Crippen molar-refractivity contribution in [1.82, 2.24) is 19.1 Å². The van der Waals surface area contributed by atoms with E-state index in [0.717, 1.165) is 17.5 Å². The molecule has 1 N–H and O–H groups in total. The lowest BCUT2D eigenvalue weighted by molar-refractivity contribution is -0.133. The summed E-state index contributed by atoms with van der Waals surface area (Å²) in [5.74, 6) is -0.869. The van der Waals surface area contributed by atoms with E-state index in [-0.39, 0.29) is 42.2 Å². The van der Waals surface area contributed by atoms with E-state index >= 15 is 0 Å². The molecule has 2 aromatic heterocycles. The molecule has 0 bridgehead atoms. The standard InChI is InChI=1S/C27H26FN5O3/c28-22-11-9-19(10-12-22)16-25(34)31-13-4-6-21(18-31)26(35)29-23-7-3-5-20(15-23)17-33-27(36)32-14-2-1-8-24(32)30-33/h1-3,5,7-12,14-15,21H,4,6,13,16-18H2,(H,29,35). The lowest BCUT2D eigenvalue weighted by Gasteiger charge is -2.32. The van der Waals surface area contributed by atoms with E-state index in [0.29, 0.717) is 30.8 Å². The second kappa shape index (κ2) is 10.2. The molecule has 1 fully saturated rings. The Balaban J connectivity index is 1.21. The minimum absolute atomic E-state index is 0.0704. The summed E-state index contributed by atoms with van der Waals surface area (Å²) in [4.78, 5) is 40.0. The smallest absolute Gasteiger partial charge is 0.342 e. The normalized spacial score (nSPS) is 15.7. The van der Waals surface area contributed by atoms with Gasteiger partial charge >= 0.3 is 5.69 Å². The Morgan fingerprint density at radius 3 is 2.67 bits per heavy atom. The zero-order valence-electron chi connectivity index (χ0n) is 19.6. The Morgan fingerprint density at radius 1 is 1.03 bits per heavy atom. The molecule has 0 saturated carbocycles. The highest BCUT2D eigenvalue weighted by Crippen LogP contribution is 2.21. The maximum atomic E-state index is 13.1. The van der Waals surface area contributed by atoms with Crippen LogP contribution in [-0.2, 0) is 22.6 Å². The van der Waals surface area contributed by atoms with Gasteiger partial charge in [-0.2, -0.15) is 0 Å². The van der Waals surface area contributed by atoms with Crippen molar-refractivity contribution in [1.29, 1.82) is 0 Å². The van der Waals surface area contributed by atoms with Crippen molar-refractivity contribution in [3.63, 3.8) is 0 Å². The number of amides is 2. The van der Waals surface area contributed by atoms with Crippen LogP contribution in [0, 0.1) is 11.7 Å². The fourth-order valence-electron chi connectivity index (χ4n) is 4.54. The molecule has 1 unspecified atom stereocenters. The maximum Gasteiger partial charge on any atom is 0.350 e. The molecule has 1 aliphatic heterocycles. The number of rotatable bonds is 6. The highest BCUT2D eigenvalue weighted by molar-refractivity contribution is 5.93. The van der Waals surface area contributed by atoms with Gasteiger partial charge in [0.1, 0.15) is 5.82 Å². The van der Waals surface area contributed by atoms with Crippen LogP contribution in [0.5, 0.6) is 0 Å². The Morgan fingerprint density at radius 2 is 1.86 bits per heavy atom. The van der Waals surface area contributed by atoms with Crippen LogP contribution in [0.4, 0.5) is 10.1 Å². The number of piperidine rings is 1. The molecule has 2 aromatic carbocycles. The van der Waals surface area contributed by atoms with Gasteiger partial charge in [-0.1, -0.05) is 30.3 Å². The van der Waals surface area contributed by atoms with Gasteiger partial charge in [0.25, 0.3) is 0 Å². The Bertz CT molecular complexity index is 1460. The summed E-state index contributed by atoms with van der Waals surface area (Å²) >= 11 is 0. The summed E-state index contributed by atoms with van der Waals surface area (Å²) < 4.78 is 16.0. The van der Waals surface area contributed by atoms with Crippen LogP contribution in [-0.4, -0.2) is 44.0 Å². The van der Waals surface area contributed by atoms with Crippen LogP contribution >= 0.6 is 0 Å². The molecule has 4 aromatic rings. The first-order chi connectivity index (χ1) is 17.5. The summed E-state index contributed by atoms with van der Waals surface area (Å²) in [6, 6.07) is 18.6. The largest absolute Gasteiger partial charge is 0.350 e. The number of anilines is 1. The van der Waals surface area contributed by atoms with Crippen molar-refractivity contribution in [2.45, 2.75) is 25.8 Å². The van der Waals surface area contributed by atoms with Crippen LogP contribution in [0.25, 0.3) is 5.65 Å². The van der Waals surface area contributed by atoms with E-state index in [1.54, 1.807) is 41.4 Å². The molecule has 0 spiro atoms. The Hall–Kier alpha value is -4.27. The molecule has 1 aliphatic rings. The SMILES string of the molecule is O=C(Nc1cccc(Cn2nc3ccccn3c2=O)c1)C1CCCN(C(=O)Cc2ccc(F)cc2)C1. The number of nitrogens with zero attached hydrogens (tertiary/aromatic N) is 4. The van der Waals surface area contributed by atoms with Gasteiger partial charge in [0, 0.05) is 25.0 Å². The third-order valence-electron chi connectivity index (χ3n) is 6.43. The van der Waals surface area contributed by atoms with Crippen molar-refractivity contribution in [3.05, 3.63) is 100 Å². The number of aromatic nitrogens is 3. The van der Waals surface area contributed by atoms with Crippen LogP contribution in [0.2, 0.25) is 0 Å². The monoisotopic (exact) mass is 487 g/mol. The summed E-state index contributed by atoms with van der Waals surface area (Å²) in [6.07, 6.45) is 3.29. The molecule has 5 rings (SSSR count). The quantitative estimate of drug-likeness (QED) is 0.453. The molecule has 1 atom stereocenters. The number of fused-ring (bicyclic) bond motifs is 1. The molecule has 9 heteroatoms. The average Bonchev–Trinajstić information content (AvgIpc) is 3.20. The van der Waals surface area contributed by atoms with E-state index in [1.165, 1.54) is 21.2 Å². The molecule has 36 heavy (non-hydrogen) atoms. The van der Waals surface area contributed by atoms with Gasteiger partial charge in [-0.3, -0.25) is 14.0 Å². The average molecular weight is 488 g/mol. The number of pyridine rings is 1. The van der Waals surface area contributed by atoms with E-state index in [2.05, 4.69) is 10.4 Å². The summed E-state index contributed by atoms with van der Waals surface area (Å²) in [6.45, 7) is 1.23. The van der Waals surface area contributed by atoms with Crippen molar-refractivity contribution in [3.8, 4) is 0 Å². The zero-order valence-corrected chi connectivity index (χ0v) is 19.6. The number of hydrogen-bond acceptors (Lipinski definition) is 4. The number of hydrogen-bond donors (Lipinski definition) is 1. The van der Waals surface area contributed by atoms with E-state index in [4.69, 9.17) is 0 Å². The van der Waals surface area contributed by atoms with Gasteiger partial charge in [0.15, 0.2) is 5.65 Å². The molecular weight excluding hydrogens is 461 g/mol. The maximum absolute atomic E-state index is 13.1. The molecular formula is C27H26FN5O3. The van der Waals surface area contributed by atoms with Crippen LogP contribution in [0.3, 0.4) is 0 Å². The highest BCUT2D eigenvalue weighted by atomic mass is 19.1. The van der Waals surface area contributed by atoms with E-state index in [9.17, 15) is 18.8 Å². The number of benzene rings is 2. The predicted molar refractivity (Wildman–Crippen MR) is 133 cm³/mol. The number of carbonyl (C=O) groups excluding carboxylic acids is 2. The molecule has 0 aliphatic carbocycles. The van der Waals surface area contributed by atoms with Gasteiger partial charge in [-0.05, 0) is 60.4 Å². The number of nitrogens with one attached hydrogen (secondary N) is 1. The van der Waals surface area contributed by atoms with Crippen LogP contribution in [0.15, 0.2) is 77.7 Å². The first-order valence-corrected chi connectivity index (χ1v) is 11.9. The van der Waals surface area contributed by atoms with Crippen LogP contribution < -0.4 is 11.0 Å². The van der Waals surface area contributed by atoms with Gasteiger partial charge in [0.05, 0.1) is 18.9 Å². The molecule has 184 valence electrons. The molecule has 2 amide bonds. The summed E-state index contributed by atoms with van der Waals surface area (Å²) in [7, 11) is 0. The number of likely N-dealkylation sites (tertiary alicyclic amines) is 1. The van der Waals surface area contributed by atoms with Gasteiger partial charge < -0.3 is 10.2 Å². The first kappa shape index (κ1) is 23.5. The molecule has 8 nitrogen and oxygen atoms in total. The number of halogens is 1. The molecule has 3 heterocycles. The second-order valence-electron chi connectivity index (χ2n) is 9.04. The van der Waals surface area contributed by atoms with Crippen LogP contribution in [0.1, 0.15) is 24.0 Å². The fraction of sp³-hybridized carbons (Fsp3) is 0.259. The van der Waals surface area contributed by atoms with Crippen molar-refractivity contribution in [2.24, 2.45) is 5.92 Å². The summed E-state index contributed by atoms with van der Waals surface area (Å²) in [5, 5.41) is 7.32. The minimum Gasteiger partial charge on any atom is -0.342 e. The van der Waals surface area contributed by atoms with Crippen molar-refractivity contribution in [2.75, 3.05) is 18.4 Å². The topological polar surface area (TPSA) is 88.7 Å². The third-order valence-corrected chi connectivity index (χ3v) is 6.43. The second-order valence-corrected chi connectivity index (χ2v) is 9.04. The zero-order chi connectivity index (χ0) is 25.1. The third kappa shape index (κ3) is 5.19. The highest BCUT2D eigenvalue weighted by Gasteiger charge is 2.28. The van der Waals surface area contributed by atoms with Crippen molar-refractivity contribution < 1.29 is 14.0 Å². The van der Waals surface area contributed by atoms with Gasteiger partial charge in [-0.25, -0.2) is 13.9 Å². The van der Waals surface area contributed by atoms with E-state index in [1.807, 2.05) is 24.3 Å². The van der Waals surface area contributed by atoms with Gasteiger partial charge in [-0.15, -0.1) is 5.10 Å². The Labute approximate surface area is 207 Å². The Kier molecular flexibility index (Phi) is 6.62. The summed E-state index contributed by atoms with van der Waals surface area (Å²) in [5.41, 5.74) is 2.55. The molecule has 1 saturated heterocycles. The lowest BCUT2D eigenvalue weighted by atomic mass is 9.96. The van der Waals surface area contributed by atoms with Gasteiger partial charge in [0.2, 0.25) is 11.8 Å². The lowest BCUT2D eigenvalue weighted by Crippen LogP contribution is -2.44.